The van der Waals surface area contributed by atoms with Crippen molar-refractivity contribution in [2.24, 2.45) is 5.92 Å². The van der Waals surface area contributed by atoms with Crippen LogP contribution in [0.5, 0.6) is 0 Å². The zero-order valence-electron chi connectivity index (χ0n) is 7.97. The van der Waals surface area contributed by atoms with Crippen molar-refractivity contribution < 1.29 is 8.42 Å². The first-order valence-electron chi connectivity index (χ1n) is 4.46. The van der Waals surface area contributed by atoms with Crippen LogP contribution in [0.3, 0.4) is 0 Å². The fourth-order valence-electron chi connectivity index (χ4n) is 1.66. The smallest absolute Gasteiger partial charge is 0.151 e. The van der Waals surface area contributed by atoms with Gasteiger partial charge in [-0.2, -0.15) is 5.10 Å². The van der Waals surface area contributed by atoms with E-state index >= 15 is 0 Å². The fraction of sp³-hybridized carbons (Fsp3) is 0.625. The maximum absolute atomic E-state index is 10.9. The molecule has 0 bridgehead atoms. The molecule has 5 nitrogen and oxygen atoms in total. The summed E-state index contributed by atoms with van der Waals surface area (Å²) in [6.07, 6.45) is 1.60. The lowest BCUT2D eigenvalue weighted by Crippen LogP contribution is -2.39. The van der Waals surface area contributed by atoms with Gasteiger partial charge in [-0.25, -0.2) is 8.42 Å². The molecular formula is C8H13N3O2S. The van der Waals surface area contributed by atoms with Crippen molar-refractivity contribution in [2.75, 3.05) is 17.2 Å². The van der Waals surface area contributed by atoms with E-state index in [2.05, 4.69) is 5.10 Å². The van der Waals surface area contributed by atoms with Crippen LogP contribution in [0.25, 0.3) is 0 Å². The second-order valence-corrected chi connectivity index (χ2v) is 5.96. The van der Waals surface area contributed by atoms with Crippen molar-refractivity contribution in [3.05, 3.63) is 11.9 Å². The zero-order chi connectivity index (χ0) is 10.3. The lowest BCUT2D eigenvalue weighted by Gasteiger charge is -2.25. The summed E-state index contributed by atoms with van der Waals surface area (Å²) in [5.74, 6) is 0.774. The van der Waals surface area contributed by atoms with E-state index in [0.717, 1.165) is 5.69 Å². The molecule has 0 amide bonds. The Kier molecular flexibility index (Phi) is 2.02. The SMILES string of the molecule is Cc1c(N)cnn1CC1CS(=O)(=O)C1. The summed E-state index contributed by atoms with van der Waals surface area (Å²) in [5, 5.41) is 4.08. The number of hydrogen-bond donors (Lipinski definition) is 1. The quantitative estimate of drug-likeness (QED) is 0.742. The second kappa shape index (κ2) is 2.98. The first kappa shape index (κ1) is 9.51. The van der Waals surface area contributed by atoms with Crippen molar-refractivity contribution in [2.45, 2.75) is 13.5 Å². The maximum atomic E-state index is 10.9. The van der Waals surface area contributed by atoms with Crippen LogP contribution in [-0.4, -0.2) is 29.7 Å². The Morgan fingerprint density at radius 1 is 1.64 bits per heavy atom. The number of hydrogen-bond acceptors (Lipinski definition) is 4. The Hall–Kier alpha value is -1.04. The predicted molar refractivity (Wildman–Crippen MR) is 53.5 cm³/mol. The molecule has 0 spiro atoms. The maximum Gasteiger partial charge on any atom is 0.151 e. The predicted octanol–water partition coefficient (Wildman–Crippen LogP) is -0.182. The van der Waals surface area contributed by atoms with E-state index in [9.17, 15) is 8.42 Å². The summed E-state index contributed by atoms with van der Waals surface area (Å²) >= 11 is 0. The van der Waals surface area contributed by atoms with Gasteiger partial charge in [-0.1, -0.05) is 0 Å². The summed E-state index contributed by atoms with van der Waals surface area (Å²) < 4.78 is 23.6. The van der Waals surface area contributed by atoms with Crippen molar-refractivity contribution in [3.8, 4) is 0 Å². The van der Waals surface area contributed by atoms with Crippen LogP contribution in [0.1, 0.15) is 5.69 Å². The number of sulfone groups is 1. The van der Waals surface area contributed by atoms with Gasteiger partial charge >= 0.3 is 0 Å². The van der Waals surface area contributed by atoms with Gasteiger partial charge in [0, 0.05) is 12.5 Å². The van der Waals surface area contributed by atoms with Gasteiger partial charge in [0.1, 0.15) is 0 Å². The van der Waals surface area contributed by atoms with Gasteiger partial charge in [0.2, 0.25) is 0 Å². The van der Waals surface area contributed by atoms with E-state index in [0.29, 0.717) is 12.2 Å². The topological polar surface area (TPSA) is 78.0 Å². The molecule has 78 valence electrons. The van der Waals surface area contributed by atoms with Gasteiger partial charge in [-0.3, -0.25) is 4.68 Å². The van der Waals surface area contributed by atoms with Crippen molar-refractivity contribution in [3.63, 3.8) is 0 Å². The fourth-order valence-corrected chi connectivity index (χ4v) is 3.21. The van der Waals surface area contributed by atoms with E-state index in [4.69, 9.17) is 5.73 Å². The zero-order valence-corrected chi connectivity index (χ0v) is 8.79. The minimum atomic E-state index is -2.73. The lowest BCUT2D eigenvalue weighted by molar-refractivity contribution is 0.437. The summed E-state index contributed by atoms with van der Waals surface area (Å²) in [7, 11) is -2.73. The molecule has 2 heterocycles. The van der Waals surface area contributed by atoms with E-state index in [1.807, 2.05) is 6.92 Å². The Bertz CT molecular complexity index is 437. The Morgan fingerprint density at radius 3 is 2.71 bits per heavy atom. The molecular weight excluding hydrogens is 202 g/mol. The van der Waals surface area contributed by atoms with Gasteiger partial charge in [-0.15, -0.1) is 0 Å². The monoisotopic (exact) mass is 215 g/mol. The van der Waals surface area contributed by atoms with Gasteiger partial charge in [0.05, 0.1) is 29.1 Å². The number of anilines is 1. The highest BCUT2D eigenvalue weighted by atomic mass is 32.2. The van der Waals surface area contributed by atoms with E-state index in [-0.39, 0.29) is 17.4 Å². The third-order valence-electron chi connectivity index (χ3n) is 2.55. The first-order chi connectivity index (χ1) is 6.48. The Morgan fingerprint density at radius 2 is 2.29 bits per heavy atom. The van der Waals surface area contributed by atoms with Gasteiger partial charge in [0.25, 0.3) is 0 Å². The summed E-state index contributed by atoms with van der Waals surface area (Å²) in [5.41, 5.74) is 7.20. The van der Waals surface area contributed by atoms with Crippen LogP contribution in [0.15, 0.2) is 6.20 Å². The molecule has 1 fully saturated rings. The Labute approximate surface area is 82.8 Å². The molecule has 6 heteroatoms. The van der Waals surface area contributed by atoms with Crippen molar-refractivity contribution in [1.29, 1.82) is 0 Å². The number of nitrogens with two attached hydrogens (primary N) is 1. The molecule has 0 saturated carbocycles. The van der Waals surface area contributed by atoms with E-state index < -0.39 is 9.84 Å². The van der Waals surface area contributed by atoms with Crippen LogP contribution >= 0.6 is 0 Å². The molecule has 1 aromatic rings. The van der Waals surface area contributed by atoms with Crippen LogP contribution in [0.2, 0.25) is 0 Å². The largest absolute Gasteiger partial charge is 0.396 e. The highest BCUT2D eigenvalue weighted by molar-refractivity contribution is 7.92. The second-order valence-electron chi connectivity index (χ2n) is 3.81. The van der Waals surface area contributed by atoms with E-state index in [1.165, 1.54) is 0 Å². The van der Waals surface area contributed by atoms with Crippen molar-refractivity contribution in [1.82, 2.24) is 9.78 Å². The number of aromatic nitrogens is 2. The van der Waals surface area contributed by atoms with Crippen LogP contribution < -0.4 is 5.73 Å². The van der Waals surface area contributed by atoms with Crippen molar-refractivity contribution >= 4 is 15.5 Å². The molecule has 0 aromatic carbocycles. The summed E-state index contributed by atoms with van der Waals surface area (Å²) in [4.78, 5) is 0. The molecule has 0 radical (unpaired) electrons. The van der Waals surface area contributed by atoms with E-state index in [1.54, 1.807) is 10.9 Å². The third-order valence-corrected chi connectivity index (χ3v) is 4.51. The van der Waals surface area contributed by atoms with Gasteiger partial charge in [-0.05, 0) is 6.92 Å². The molecule has 1 saturated heterocycles. The van der Waals surface area contributed by atoms with Crippen LogP contribution in [0, 0.1) is 12.8 Å². The van der Waals surface area contributed by atoms with Crippen LogP contribution in [-0.2, 0) is 16.4 Å². The third kappa shape index (κ3) is 1.61. The number of nitrogens with zero attached hydrogens (tertiary/aromatic N) is 2. The highest BCUT2D eigenvalue weighted by Gasteiger charge is 2.33. The molecule has 14 heavy (non-hydrogen) atoms. The van der Waals surface area contributed by atoms with Gasteiger partial charge < -0.3 is 5.73 Å². The number of rotatable bonds is 2. The summed E-state index contributed by atoms with van der Waals surface area (Å²) in [6, 6.07) is 0. The molecule has 1 aromatic heterocycles. The van der Waals surface area contributed by atoms with Crippen LogP contribution in [0.4, 0.5) is 5.69 Å². The average Bonchev–Trinajstić information content (AvgIpc) is 2.33. The molecule has 1 aliphatic rings. The number of nitrogen functional groups attached to an aromatic ring is 1. The molecule has 1 aliphatic heterocycles. The molecule has 0 atom stereocenters. The average molecular weight is 215 g/mol. The first-order valence-corrected chi connectivity index (χ1v) is 6.28. The summed E-state index contributed by atoms with van der Waals surface area (Å²) in [6.45, 7) is 2.54. The molecule has 0 aliphatic carbocycles. The minimum absolute atomic E-state index is 0.206. The molecule has 2 rings (SSSR count). The van der Waals surface area contributed by atoms with Gasteiger partial charge in [0.15, 0.2) is 9.84 Å². The molecule has 2 N–H and O–H groups in total. The standard InChI is InChI=1S/C8H13N3O2S/c1-6-8(9)2-10-11(6)3-7-4-14(12,13)5-7/h2,7H,3-5,9H2,1H3. The minimum Gasteiger partial charge on any atom is -0.396 e. The molecule has 0 unspecified atom stereocenters. The Balaban J connectivity index is 2.03. The lowest BCUT2D eigenvalue weighted by atomic mass is 10.2. The normalized spacial score (nSPS) is 20.6. The highest BCUT2D eigenvalue weighted by Crippen LogP contribution is 2.21.